The molecule has 3 saturated heterocycles. The Morgan fingerprint density at radius 2 is 1.81 bits per heavy atom. The predicted molar refractivity (Wildman–Crippen MR) is 118 cm³/mol. The van der Waals surface area contributed by atoms with Crippen LogP contribution in [0.15, 0.2) is 29.2 Å². The number of hydrogen-bond donors (Lipinski definition) is 2. The molecule has 4 heterocycles. The highest BCUT2D eigenvalue weighted by atomic mass is 32.2. The molecule has 31 heavy (non-hydrogen) atoms. The zero-order chi connectivity index (χ0) is 22.1. The van der Waals surface area contributed by atoms with Crippen LogP contribution in [-0.4, -0.2) is 70.3 Å². The van der Waals surface area contributed by atoms with Crippen LogP contribution in [0.25, 0.3) is 0 Å². The van der Waals surface area contributed by atoms with E-state index in [1.165, 1.54) is 0 Å². The Kier molecular flexibility index (Phi) is 4.65. The zero-order valence-electron chi connectivity index (χ0n) is 18.0. The third-order valence-corrected chi connectivity index (χ3v) is 8.65. The molecule has 2 aromatic rings. The summed E-state index contributed by atoms with van der Waals surface area (Å²) >= 11 is 3.36. The van der Waals surface area contributed by atoms with Crippen molar-refractivity contribution in [3.63, 3.8) is 0 Å². The van der Waals surface area contributed by atoms with Gasteiger partial charge in [-0.15, -0.1) is 28.6 Å². The minimum absolute atomic E-state index is 0.0638. The second-order valence-corrected chi connectivity index (χ2v) is 11.8. The number of fused-ring (bicyclic) bond motifs is 1. The van der Waals surface area contributed by atoms with Crippen molar-refractivity contribution in [2.24, 2.45) is 0 Å². The number of β-lactam (4-membered cyclic amide) rings is 1. The molecule has 3 unspecified atom stereocenters. The molecule has 0 radical (unpaired) electrons. The lowest BCUT2D eigenvalue weighted by Crippen LogP contribution is -2.71. The van der Waals surface area contributed by atoms with Gasteiger partial charge in [0.2, 0.25) is 11.8 Å². The van der Waals surface area contributed by atoms with E-state index >= 15 is 0 Å². The van der Waals surface area contributed by atoms with Gasteiger partial charge in [0.05, 0.1) is 5.66 Å². The maximum absolute atomic E-state index is 13.6. The summed E-state index contributed by atoms with van der Waals surface area (Å²) in [5.74, 6) is 0.442. The molecular weight excluding hydrogens is 434 g/mol. The second-order valence-electron chi connectivity index (χ2n) is 9.11. The average Bonchev–Trinajstić information content (AvgIpc) is 3.39. The molecule has 2 N–H and O–H groups in total. The molecule has 0 bridgehead atoms. The number of aromatic amines is 1. The van der Waals surface area contributed by atoms with Crippen molar-refractivity contribution in [1.29, 1.82) is 0 Å². The van der Waals surface area contributed by atoms with Crippen LogP contribution in [0.3, 0.4) is 0 Å². The van der Waals surface area contributed by atoms with Crippen molar-refractivity contribution in [3.8, 4) is 0 Å². The second kappa shape index (κ2) is 6.94. The van der Waals surface area contributed by atoms with Crippen molar-refractivity contribution in [2.75, 3.05) is 6.26 Å². The Morgan fingerprint density at radius 1 is 1.10 bits per heavy atom. The largest absolute Gasteiger partial charge is 0.314 e. The standard InChI is InChI=1S/C20H25N7O2S2/c1-19(2)14(15-22-24-25-23-15)26-17(29)13(18(26)31-19)27-16(28)12(21-20(27,3)4)10-6-8-11(30-5)9-7-10/h6-9,12-14,18,21H,1-5H3,(H,22,23,24,25)/t12?,13?,14?,18-/m1/s1. The van der Waals surface area contributed by atoms with Crippen LogP contribution in [0.1, 0.15) is 51.2 Å². The summed E-state index contributed by atoms with van der Waals surface area (Å²) in [6.07, 6.45) is 2.02. The molecule has 0 spiro atoms. The molecule has 11 heteroatoms. The number of rotatable bonds is 4. The fourth-order valence-corrected chi connectivity index (χ4v) is 7.05. The van der Waals surface area contributed by atoms with Gasteiger partial charge in [-0.3, -0.25) is 14.9 Å². The summed E-state index contributed by atoms with van der Waals surface area (Å²) in [4.78, 5) is 31.7. The van der Waals surface area contributed by atoms with Gasteiger partial charge in [0.15, 0.2) is 5.82 Å². The van der Waals surface area contributed by atoms with Crippen LogP contribution in [0.5, 0.6) is 0 Å². The van der Waals surface area contributed by atoms with Crippen LogP contribution >= 0.6 is 23.5 Å². The molecule has 0 aliphatic carbocycles. The number of aromatic nitrogens is 4. The highest BCUT2D eigenvalue weighted by Crippen LogP contribution is 2.58. The monoisotopic (exact) mass is 459 g/mol. The summed E-state index contributed by atoms with van der Waals surface area (Å²) < 4.78 is -0.288. The maximum atomic E-state index is 13.6. The molecule has 4 atom stereocenters. The number of nitrogens with one attached hydrogen (secondary N) is 2. The summed E-state index contributed by atoms with van der Waals surface area (Å²) in [6.45, 7) is 8.08. The van der Waals surface area contributed by atoms with E-state index in [0.717, 1.165) is 10.5 Å². The quantitative estimate of drug-likeness (QED) is 0.528. The van der Waals surface area contributed by atoms with E-state index in [0.29, 0.717) is 5.82 Å². The molecule has 2 amide bonds. The fourth-order valence-electron chi connectivity index (χ4n) is 4.96. The van der Waals surface area contributed by atoms with Gasteiger partial charge >= 0.3 is 0 Å². The first kappa shape index (κ1) is 20.8. The van der Waals surface area contributed by atoms with E-state index in [1.807, 2.05) is 49.3 Å². The lowest BCUT2D eigenvalue weighted by molar-refractivity contribution is -0.165. The van der Waals surface area contributed by atoms with Crippen molar-refractivity contribution in [2.45, 2.75) is 66.5 Å². The van der Waals surface area contributed by atoms with Gasteiger partial charge in [-0.1, -0.05) is 12.1 Å². The number of hydrogen-bond acceptors (Lipinski definition) is 8. The number of thioether (sulfide) groups is 2. The highest BCUT2D eigenvalue weighted by Gasteiger charge is 2.67. The third-order valence-electron chi connectivity index (χ3n) is 6.35. The zero-order valence-corrected chi connectivity index (χ0v) is 19.6. The molecule has 1 aromatic carbocycles. The van der Waals surface area contributed by atoms with Crippen LogP contribution in [0.4, 0.5) is 0 Å². The number of H-pyrrole nitrogens is 1. The smallest absolute Gasteiger partial charge is 0.250 e. The number of carbonyl (C=O) groups excluding carboxylic acids is 2. The summed E-state index contributed by atoms with van der Waals surface area (Å²) in [6, 6.07) is 6.76. The van der Waals surface area contributed by atoms with E-state index in [-0.39, 0.29) is 28.0 Å². The van der Waals surface area contributed by atoms with Gasteiger partial charge in [-0.2, -0.15) is 0 Å². The summed E-state index contributed by atoms with van der Waals surface area (Å²) in [5.41, 5.74) is 0.259. The topological polar surface area (TPSA) is 107 Å². The van der Waals surface area contributed by atoms with Crippen LogP contribution in [0, 0.1) is 0 Å². The van der Waals surface area contributed by atoms with Crippen molar-refractivity contribution in [3.05, 3.63) is 35.7 Å². The molecule has 3 aliphatic rings. The van der Waals surface area contributed by atoms with Crippen molar-refractivity contribution >= 4 is 35.3 Å². The maximum Gasteiger partial charge on any atom is 0.250 e. The molecule has 3 aliphatic heterocycles. The number of tetrazole rings is 1. The van der Waals surface area contributed by atoms with E-state index in [9.17, 15) is 9.59 Å². The minimum atomic E-state index is -0.650. The van der Waals surface area contributed by atoms with Crippen LogP contribution in [-0.2, 0) is 9.59 Å². The van der Waals surface area contributed by atoms with Crippen molar-refractivity contribution in [1.82, 2.24) is 35.7 Å². The molecule has 5 rings (SSSR count). The molecule has 0 saturated carbocycles. The van der Waals surface area contributed by atoms with E-state index in [2.05, 4.69) is 39.8 Å². The Hall–Kier alpha value is -2.11. The fraction of sp³-hybridized carbons (Fsp3) is 0.550. The van der Waals surface area contributed by atoms with Gasteiger partial charge in [0.1, 0.15) is 23.5 Å². The first-order valence-corrected chi connectivity index (χ1v) is 12.2. The molecular formula is C20H25N7O2S2. The SMILES string of the molecule is CSc1ccc(C2NC(C)(C)N(C3C(=O)N4C(c5nnn[nH]5)C(C)(C)S[C@H]34)C2=O)cc1. The highest BCUT2D eigenvalue weighted by molar-refractivity contribution is 8.01. The van der Waals surface area contributed by atoms with Gasteiger partial charge in [-0.25, -0.2) is 5.10 Å². The van der Waals surface area contributed by atoms with Crippen molar-refractivity contribution < 1.29 is 9.59 Å². The Labute approximate surface area is 189 Å². The van der Waals surface area contributed by atoms with E-state index in [4.69, 9.17) is 0 Å². The number of nitrogens with zero attached hydrogens (tertiary/aromatic N) is 5. The first-order chi connectivity index (χ1) is 14.7. The normalized spacial score (nSPS) is 31.1. The molecule has 1 aromatic heterocycles. The summed E-state index contributed by atoms with van der Waals surface area (Å²) in [7, 11) is 0. The van der Waals surface area contributed by atoms with E-state index in [1.54, 1.807) is 28.4 Å². The predicted octanol–water partition coefficient (Wildman–Crippen LogP) is 1.93. The summed E-state index contributed by atoms with van der Waals surface area (Å²) in [5, 5.41) is 17.5. The van der Waals surface area contributed by atoms with Gasteiger partial charge in [0, 0.05) is 9.64 Å². The number of carbonyl (C=O) groups is 2. The minimum Gasteiger partial charge on any atom is -0.314 e. The lowest BCUT2D eigenvalue weighted by atomic mass is 9.93. The molecule has 3 fully saturated rings. The van der Waals surface area contributed by atoms with Crippen LogP contribution in [0.2, 0.25) is 0 Å². The number of benzene rings is 1. The van der Waals surface area contributed by atoms with Gasteiger partial charge in [-0.05, 0) is 62.1 Å². The Morgan fingerprint density at radius 3 is 2.42 bits per heavy atom. The van der Waals surface area contributed by atoms with Crippen LogP contribution < -0.4 is 5.32 Å². The first-order valence-electron chi connectivity index (χ1n) is 10.1. The molecule has 164 valence electrons. The molecule has 9 nitrogen and oxygen atoms in total. The Balaban J connectivity index is 1.44. The average molecular weight is 460 g/mol. The number of amides is 2. The van der Waals surface area contributed by atoms with Gasteiger partial charge < -0.3 is 9.80 Å². The van der Waals surface area contributed by atoms with E-state index < -0.39 is 17.7 Å². The lowest BCUT2D eigenvalue weighted by Gasteiger charge is -2.50. The van der Waals surface area contributed by atoms with Gasteiger partial charge in [0.25, 0.3) is 0 Å². The Bertz CT molecular complexity index is 1020. The third kappa shape index (κ3) is 3.00.